The fourth-order valence-electron chi connectivity index (χ4n) is 8.51. The van der Waals surface area contributed by atoms with E-state index in [2.05, 4.69) is 111 Å². The second-order valence-electron chi connectivity index (χ2n) is 22.0. The van der Waals surface area contributed by atoms with E-state index in [-0.39, 0.29) is 38.6 Å². The number of unbranched alkanes of at least 4 members (excludes halogenated alkanes) is 26. The van der Waals surface area contributed by atoms with Gasteiger partial charge in [-0.1, -0.05) is 246 Å². The van der Waals surface area contributed by atoms with Gasteiger partial charge in [0.15, 0.2) is 12.4 Å². The number of carboxylic acid groups (broad SMARTS) is 1. The zero-order chi connectivity index (χ0) is 56.2. The van der Waals surface area contributed by atoms with E-state index in [1.807, 2.05) is 21.1 Å². The molecule has 77 heavy (non-hydrogen) atoms. The van der Waals surface area contributed by atoms with Gasteiger partial charge in [-0.3, -0.25) is 9.59 Å². The van der Waals surface area contributed by atoms with Crippen molar-refractivity contribution < 1.29 is 42.9 Å². The molecule has 0 rings (SSSR count). The number of hydrogen-bond acceptors (Lipinski definition) is 8. The topological polar surface area (TPSA) is 111 Å². The average molecular weight is 1080 g/mol. The second-order valence-corrected chi connectivity index (χ2v) is 22.0. The fraction of sp³-hybridized carbons (Fsp3) is 0.721. The highest BCUT2D eigenvalue weighted by Gasteiger charge is 2.22. The molecular formula is C68H117NO8. The molecule has 0 N–H and O–H groups in total. The molecule has 9 nitrogen and oxygen atoms in total. The smallest absolute Gasteiger partial charge is 0.306 e. The highest BCUT2D eigenvalue weighted by atomic mass is 16.7. The Balaban J connectivity index is 4.15. The Labute approximate surface area is 473 Å². The molecule has 0 aliphatic carbocycles. The lowest BCUT2D eigenvalue weighted by Crippen LogP contribution is -2.44. The number of aliphatic carboxylic acids is 1. The molecule has 0 saturated carbocycles. The van der Waals surface area contributed by atoms with E-state index >= 15 is 0 Å². The van der Waals surface area contributed by atoms with E-state index in [9.17, 15) is 19.5 Å². The Morgan fingerprint density at radius 1 is 0.403 bits per heavy atom. The molecule has 0 radical (unpaired) electrons. The van der Waals surface area contributed by atoms with Gasteiger partial charge in [0.25, 0.3) is 0 Å². The molecule has 0 amide bonds. The van der Waals surface area contributed by atoms with E-state index in [0.29, 0.717) is 17.4 Å². The first-order chi connectivity index (χ1) is 37.6. The third kappa shape index (κ3) is 59.7. The number of allylic oxidation sites excluding steroid dienone is 16. The third-order valence-electron chi connectivity index (χ3n) is 13.3. The number of nitrogens with zero attached hydrogens (tertiary/aromatic N) is 1. The van der Waals surface area contributed by atoms with Crippen LogP contribution >= 0.6 is 0 Å². The van der Waals surface area contributed by atoms with Crippen LogP contribution in [0, 0.1) is 0 Å². The van der Waals surface area contributed by atoms with E-state index in [4.69, 9.17) is 18.9 Å². The zero-order valence-electron chi connectivity index (χ0n) is 50.3. The van der Waals surface area contributed by atoms with Crippen molar-refractivity contribution in [1.82, 2.24) is 0 Å². The van der Waals surface area contributed by atoms with Crippen molar-refractivity contribution in [3.05, 3.63) is 97.2 Å². The van der Waals surface area contributed by atoms with Gasteiger partial charge < -0.3 is 33.3 Å². The summed E-state index contributed by atoms with van der Waals surface area (Å²) in [5.41, 5.74) is 0. The minimum Gasteiger partial charge on any atom is -0.545 e. The van der Waals surface area contributed by atoms with Crippen LogP contribution in [0.25, 0.3) is 0 Å². The lowest BCUT2D eigenvalue weighted by Gasteiger charge is -2.26. The van der Waals surface area contributed by atoms with Crippen molar-refractivity contribution in [1.29, 1.82) is 0 Å². The van der Waals surface area contributed by atoms with Crippen molar-refractivity contribution in [3.63, 3.8) is 0 Å². The predicted octanol–water partition coefficient (Wildman–Crippen LogP) is 17.6. The minimum atomic E-state index is -1.63. The van der Waals surface area contributed by atoms with E-state index < -0.39 is 24.3 Å². The molecule has 2 atom stereocenters. The van der Waals surface area contributed by atoms with Gasteiger partial charge in [0.05, 0.1) is 40.3 Å². The molecule has 0 aliphatic heterocycles. The van der Waals surface area contributed by atoms with Crippen molar-refractivity contribution >= 4 is 17.9 Å². The Hall–Kier alpha value is -3.79. The zero-order valence-corrected chi connectivity index (χ0v) is 50.3. The summed E-state index contributed by atoms with van der Waals surface area (Å²) in [6.07, 6.45) is 76.1. The standard InChI is InChI=1S/C68H117NO8/c1-6-8-10-12-14-16-18-20-22-24-26-27-28-29-30-31-32-33-34-35-36-37-38-39-41-43-45-47-49-51-53-55-57-59-66(71)77-64(63-76-68(67(72)73)74-61-60-69(3,4)5)62-75-65(70)58-56-54-52-50-48-46-44-42-40-25-23-21-19-17-15-13-11-9-7-2/h8,10,14-17,20-23,26-27,29-30,40,42,64,68H,6-7,9,11-13,18-19,24-25,28,31-39,41,43-63H2,1-5H3/b10-8-,16-14-,17-15-,22-20-,23-21-,27-26-,30-29-,42-40-. The first-order valence-electron chi connectivity index (χ1n) is 31.4. The fourth-order valence-corrected chi connectivity index (χ4v) is 8.51. The van der Waals surface area contributed by atoms with Crippen LogP contribution in [-0.2, 0) is 33.3 Å². The summed E-state index contributed by atoms with van der Waals surface area (Å²) in [5, 5.41) is 11.8. The summed E-state index contributed by atoms with van der Waals surface area (Å²) in [4.78, 5) is 37.4. The van der Waals surface area contributed by atoms with Gasteiger partial charge in [-0.2, -0.15) is 0 Å². The Morgan fingerprint density at radius 3 is 1.10 bits per heavy atom. The number of carbonyl (C=O) groups is 3. The van der Waals surface area contributed by atoms with Gasteiger partial charge in [0.1, 0.15) is 13.2 Å². The Bertz CT molecular complexity index is 1580. The molecule has 0 fully saturated rings. The van der Waals surface area contributed by atoms with Crippen molar-refractivity contribution in [3.8, 4) is 0 Å². The molecule has 9 heteroatoms. The number of hydrogen-bond donors (Lipinski definition) is 0. The van der Waals surface area contributed by atoms with Gasteiger partial charge in [-0.25, -0.2) is 0 Å². The first-order valence-corrected chi connectivity index (χ1v) is 31.4. The molecule has 442 valence electrons. The highest BCUT2D eigenvalue weighted by molar-refractivity contribution is 5.70. The predicted molar refractivity (Wildman–Crippen MR) is 324 cm³/mol. The third-order valence-corrected chi connectivity index (χ3v) is 13.3. The van der Waals surface area contributed by atoms with Crippen LogP contribution in [0.1, 0.15) is 258 Å². The monoisotopic (exact) mass is 1080 g/mol. The molecule has 0 aromatic heterocycles. The van der Waals surface area contributed by atoms with Gasteiger partial charge in [-0.05, 0) is 96.3 Å². The number of quaternary nitrogens is 1. The Morgan fingerprint density at radius 2 is 0.740 bits per heavy atom. The molecule has 0 aromatic rings. The molecule has 0 aliphatic rings. The van der Waals surface area contributed by atoms with Gasteiger partial charge in [-0.15, -0.1) is 0 Å². The summed E-state index contributed by atoms with van der Waals surface area (Å²) in [7, 11) is 5.92. The van der Waals surface area contributed by atoms with Gasteiger partial charge in [0, 0.05) is 12.8 Å². The summed E-state index contributed by atoms with van der Waals surface area (Å²) in [6, 6.07) is 0. The van der Waals surface area contributed by atoms with E-state index in [0.717, 1.165) is 96.3 Å². The summed E-state index contributed by atoms with van der Waals surface area (Å²) >= 11 is 0. The number of carbonyl (C=O) groups excluding carboxylic acids is 3. The number of ether oxygens (including phenoxy) is 4. The number of likely N-dealkylation sites (N-methyl/N-ethyl adjacent to an activating group) is 1. The van der Waals surface area contributed by atoms with Crippen LogP contribution in [-0.4, -0.2) is 82.3 Å². The second kappa shape index (κ2) is 58.4. The molecule has 0 heterocycles. The Kier molecular flexibility index (Phi) is 55.5. The molecule has 2 unspecified atom stereocenters. The molecular weight excluding hydrogens is 959 g/mol. The van der Waals surface area contributed by atoms with Crippen LogP contribution < -0.4 is 5.11 Å². The van der Waals surface area contributed by atoms with Crippen LogP contribution in [0.5, 0.6) is 0 Å². The van der Waals surface area contributed by atoms with Crippen molar-refractivity contribution in [2.75, 3.05) is 47.5 Å². The van der Waals surface area contributed by atoms with E-state index in [1.165, 1.54) is 128 Å². The van der Waals surface area contributed by atoms with Gasteiger partial charge >= 0.3 is 11.9 Å². The first kappa shape index (κ1) is 73.2. The van der Waals surface area contributed by atoms with E-state index in [1.54, 1.807) is 0 Å². The lowest BCUT2D eigenvalue weighted by atomic mass is 10.0. The minimum absolute atomic E-state index is 0.142. The summed E-state index contributed by atoms with van der Waals surface area (Å²) in [6.45, 7) is 4.60. The van der Waals surface area contributed by atoms with Crippen LogP contribution in [0.2, 0.25) is 0 Å². The molecule has 0 saturated heterocycles. The maximum absolute atomic E-state index is 12.9. The SMILES string of the molecule is CC/C=C\C/C=C\C/C=C\C/C=C\C/C=C\CCCCCCCCCCCCCCCCCCCC(=O)OC(COC(=O)CCCCCCCC/C=C\C/C=C\C/C=C\CCCCC)COC(OCC[N+](C)(C)C)C(=O)[O-]. The number of rotatable bonds is 57. The summed E-state index contributed by atoms with van der Waals surface area (Å²) in [5.74, 6) is -2.30. The van der Waals surface area contributed by atoms with Crippen LogP contribution in [0.4, 0.5) is 0 Å². The summed E-state index contributed by atoms with van der Waals surface area (Å²) < 4.78 is 22.7. The normalized spacial score (nSPS) is 13.4. The van der Waals surface area contributed by atoms with Crippen molar-refractivity contribution in [2.24, 2.45) is 0 Å². The molecule has 0 aromatic carbocycles. The van der Waals surface area contributed by atoms with Crippen LogP contribution in [0.3, 0.4) is 0 Å². The average Bonchev–Trinajstić information content (AvgIpc) is 3.40. The lowest BCUT2D eigenvalue weighted by molar-refractivity contribution is -0.870. The van der Waals surface area contributed by atoms with Gasteiger partial charge in [0.2, 0.25) is 0 Å². The molecule has 0 spiro atoms. The highest BCUT2D eigenvalue weighted by Crippen LogP contribution is 2.16. The van der Waals surface area contributed by atoms with Crippen LogP contribution in [0.15, 0.2) is 97.2 Å². The number of esters is 2. The maximum atomic E-state index is 12.9. The molecule has 0 bridgehead atoms. The van der Waals surface area contributed by atoms with Crippen molar-refractivity contribution in [2.45, 2.75) is 270 Å². The maximum Gasteiger partial charge on any atom is 0.306 e. The largest absolute Gasteiger partial charge is 0.545 e. The quantitative estimate of drug-likeness (QED) is 0.0195. The number of carboxylic acids is 1.